The molecule has 5 nitrogen and oxygen atoms in total. The standard InChI is InChI=1S/C19H19ClN2O3/c1-12-16(20)4-3-5-17(12)22-11-10-15(19(22)24)18(23)21-13-6-8-14(25-2)9-7-13/h3-9,15H,10-11H2,1-2H3,(H,21,23). The van der Waals surface area contributed by atoms with E-state index in [1.165, 1.54) is 0 Å². The predicted octanol–water partition coefficient (Wildman–Crippen LogP) is 3.65. The minimum absolute atomic E-state index is 0.198. The van der Waals surface area contributed by atoms with Gasteiger partial charge in [-0.3, -0.25) is 9.59 Å². The molecule has 1 fully saturated rings. The summed E-state index contributed by atoms with van der Waals surface area (Å²) in [6.07, 6.45) is 0.479. The molecule has 1 atom stereocenters. The van der Waals surface area contributed by atoms with Gasteiger partial charge in [0.25, 0.3) is 0 Å². The summed E-state index contributed by atoms with van der Waals surface area (Å²) < 4.78 is 5.09. The molecular formula is C19H19ClN2O3. The number of amides is 2. The van der Waals surface area contributed by atoms with Crippen LogP contribution in [0.5, 0.6) is 5.75 Å². The van der Waals surface area contributed by atoms with Gasteiger partial charge in [-0.1, -0.05) is 17.7 Å². The van der Waals surface area contributed by atoms with Gasteiger partial charge in [-0.05, 0) is 55.3 Å². The second kappa shape index (κ2) is 7.15. The molecule has 1 saturated heterocycles. The third-order valence-corrected chi connectivity index (χ3v) is 4.82. The van der Waals surface area contributed by atoms with E-state index < -0.39 is 5.92 Å². The van der Waals surface area contributed by atoms with Crippen LogP contribution in [-0.2, 0) is 9.59 Å². The molecule has 25 heavy (non-hydrogen) atoms. The van der Waals surface area contributed by atoms with E-state index in [-0.39, 0.29) is 11.8 Å². The number of carbonyl (C=O) groups excluding carboxylic acids is 2. The lowest BCUT2D eigenvalue weighted by molar-refractivity contribution is -0.129. The number of carbonyl (C=O) groups is 2. The lowest BCUT2D eigenvalue weighted by Crippen LogP contribution is -2.33. The Labute approximate surface area is 151 Å². The first-order chi connectivity index (χ1) is 12.0. The van der Waals surface area contributed by atoms with Crippen molar-refractivity contribution in [1.29, 1.82) is 0 Å². The molecule has 0 aliphatic carbocycles. The van der Waals surface area contributed by atoms with E-state index >= 15 is 0 Å². The number of hydrogen-bond acceptors (Lipinski definition) is 3. The Kier molecular flexibility index (Phi) is 4.95. The highest BCUT2D eigenvalue weighted by molar-refractivity contribution is 6.31. The monoisotopic (exact) mass is 358 g/mol. The number of rotatable bonds is 4. The van der Waals surface area contributed by atoms with Crippen LogP contribution in [0.1, 0.15) is 12.0 Å². The van der Waals surface area contributed by atoms with Crippen molar-refractivity contribution in [2.75, 3.05) is 23.9 Å². The minimum Gasteiger partial charge on any atom is -0.497 e. The molecule has 1 aliphatic heterocycles. The molecule has 0 bridgehead atoms. The number of hydrogen-bond donors (Lipinski definition) is 1. The Balaban J connectivity index is 1.72. The maximum atomic E-state index is 12.7. The smallest absolute Gasteiger partial charge is 0.239 e. The molecule has 1 aliphatic rings. The predicted molar refractivity (Wildman–Crippen MR) is 98.3 cm³/mol. The molecule has 1 heterocycles. The second-order valence-corrected chi connectivity index (χ2v) is 6.34. The van der Waals surface area contributed by atoms with Crippen LogP contribution in [0.15, 0.2) is 42.5 Å². The molecule has 0 saturated carbocycles. The summed E-state index contributed by atoms with van der Waals surface area (Å²) >= 11 is 6.14. The van der Waals surface area contributed by atoms with E-state index in [0.29, 0.717) is 29.4 Å². The zero-order valence-electron chi connectivity index (χ0n) is 14.1. The van der Waals surface area contributed by atoms with Crippen molar-refractivity contribution in [1.82, 2.24) is 0 Å². The first-order valence-electron chi connectivity index (χ1n) is 8.02. The molecule has 1 unspecified atom stereocenters. The number of ether oxygens (including phenoxy) is 1. The highest BCUT2D eigenvalue weighted by atomic mass is 35.5. The Bertz CT molecular complexity index is 805. The van der Waals surface area contributed by atoms with Crippen molar-refractivity contribution in [2.24, 2.45) is 5.92 Å². The maximum absolute atomic E-state index is 12.7. The van der Waals surface area contributed by atoms with Crippen molar-refractivity contribution >= 4 is 34.8 Å². The highest BCUT2D eigenvalue weighted by Crippen LogP contribution is 2.32. The zero-order chi connectivity index (χ0) is 18.0. The molecule has 2 amide bonds. The summed E-state index contributed by atoms with van der Waals surface area (Å²) in [5.41, 5.74) is 2.24. The average Bonchev–Trinajstić information content (AvgIpc) is 2.99. The van der Waals surface area contributed by atoms with E-state index in [1.807, 2.05) is 19.1 Å². The first-order valence-corrected chi connectivity index (χ1v) is 8.40. The summed E-state index contributed by atoms with van der Waals surface area (Å²) in [5, 5.41) is 3.40. The number of halogens is 1. The fourth-order valence-electron chi connectivity index (χ4n) is 2.95. The topological polar surface area (TPSA) is 58.6 Å². The number of nitrogens with zero attached hydrogens (tertiary/aromatic N) is 1. The lowest BCUT2D eigenvalue weighted by atomic mass is 10.1. The molecule has 0 radical (unpaired) electrons. The Morgan fingerprint density at radius 2 is 1.96 bits per heavy atom. The average molecular weight is 359 g/mol. The highest BCUT2D eigenvalue weighted by Gasteiger charge is 2.38. The van der Waals surface area contributed by atoms with Crippen LogP contribution in [0.4, 0.5) is 11.4 Å². The Morgan fingerprint density at radius 1 is 1.24 bits per heavy atom. The Hall–Kier alpha value is -2.53. The van der Waals surface area contributed by atoms with Crippen LogP contribution in [-0.4, -0.2) is 25.5 Å². The fraction of sp³-hybridized carbons (Fsp3) is 0.263. The summed E-state index contributed by atoms with van der Waals surface area (Å²) in [5.74, 6) is -0.480. The molecule has 130 valence electrons. The van der Waals surface area contributed by atoms with E-state index in [2.05, 4.69) is 5.32 Å². The van der Waals surface area contributed by atoms with Gasteiger partial charge in [0.2, 0.25) is 11.8 Å². The molecular weight excluding hydrogens is 340 g/mol. The van der Waals surface area contributed by atoms with Gasteiger partial charge in [-0.25, -0.2) is 0 Å². The van der Waals surface area contributed by atoms with Crippen molar-refractivity contribution in [2.45, 2.75) is 13.3 Å². The van der Waals surface area contributed by atoms with Gasteiger partial charge in [-0.15, -0.1) is 0 Å². The molecule has 2 aromatic rings. The fourth-order valence-corrected chi connectivity index (χ4v) is 3.12. The normalized spacial score (nSPS) is 16.8. The van der Waals surface area contributed by atoms with Gasteiger partial charge in [0.05, 0.1) is 7.11 Å². The summed E-state index contributed by atoms with van der Waals surface area (Å²) in [7, 11) is 1.58. The van der Waals surface area contributed by atoms with E-state index in [4.69, 9.17) is 16.3 Å². The maximum Gasteiger partial charge on any atom is 0.239 e. The molecule has 3 rings (SSSR count). The van der Waals surface area contributed by atoms with Crippen LogP contribution >= 0.6 is 11.6 Å². The number of anilines is 2. The molecule has 0 spiro atoms. The van der Waals surface area contributed by atoms with Crippen LogP contribution in [0.3, 0.4) is 0 Å². The second-order valence-electron chi connectivity index (χ2n) is 5.93. The molecule has 0 aromatic heterocycles. The number of nitrogens with one attached hydrogen (secondary N) is 1. The number of methoxy groups -OCH3 is 1. The number of benzene rings is 2. The van der Waals surface area contributed by atoms with Crippen LogP contribution in [0.25, 0.3) is 0 Å². The third kappa shape index (κ3) is 3.46. The summed E-state index contributed by atoms with van der Waals surface area (Å²) in [6, 6.07) is 12.5. The first kappa shape index (κ1) is 17.3. The van der Waals surface area contributed by atoms with E-state index in [9.17, 15) is 9.59 Å². The third-order valence-electron chi connectivity index (χ3n) is 4.41. The van der Waals surface area contributed by atoms with Gasteiger partial charge in [0.1, 0.15) is 11.7 Å². The molecule has 1 N–H and O–H groups in total. The summed E-state index contributed by atoms with van der Waals surface area (Å²) in [6.45, 7) is 2.37. The van der Waals surface area contributed by atoms with Gasteiger partial charge >= 0.3 is 0 Å². The van der Waals surface area contributed by atoms with Gasteiger partial charge in [-0.2, -0.15) is 0 Å². The van der Waals surface area contributed by atoms with Gasteiger partial charge < -0.3 is 15.0 Å². The largest absolute Gasteiger partial charge is 0.497 e. The summed E-state index contributed by atoms with van der Waals surface area (Å²) in [4.78, 5) is 26.8. The minimum atomic E-state index is -0.694. The Morgan fingerprint density at radius 3 is 2.64 bits per heavy atom. The SMILES string of the molecule is COc1ccc(NC(=O)C2CCN(c3cccc(Cl)c3C)C2=O)cc1. The van der Waals surface area contributed by atoms with Crippen LogP contribution in [0.2, 0.25) is 5.02 Å². The molecule has 6 heteroatoms. The quantitative estimate of drug-likeness (QED) is 0.849. The van der Waals surface area contributed by atoms with E-state index in [1.54, 1.807) is 42.3 Å². The lowest BCUT2D eigenvalue weighted by Gasteiger charge is -2.19. The van der Waals surface area contributed by atoms with Crippen molar-refractivity contribution in [3.8, 4) is 5.75 Å². The zero-order valence-corrected chi connectivity index (χ0v) is 14.8. The van der Waals surface area contributed by atoms with Crippen molar-refractivity contribution in [3.63, 3.8) is 0 Å². The van der Waals surface area contributed by atoms with Crippen LogP contribution in [0, 0.1) is 12.8 Å². The van der Waals surface area contributed by atoms with Crippen molar-refractivity contribution < 1.29 is 14.3 Å². The van der Waals surface area contributed by atoms with E-state index in [0.717, 1.165) is 11.3 Å². The molecule has 2 aromatic carbocycles. The van der Waals surface area contributed by atoms with Crippen molar-refractivity contribution in [3.05, 3.63) is 53.1 Å². The van der Waals surface area contributed by atoms with Gasteiger partial charge in [0.15, 0.2) is 0 Å². The van der Waals surface area contributed by atoms with Crippen LogP contribution < -0.4 is 15.0 Å². The van der Waals surface area contributed by atoms with Gasteiger partial charge in [0, 0.05) is 22.9 Å².